The van der Waals surface area contributed by atoms with Gasteiger partial charge in [-0.15, -0.1) is 0 Å². The van der Waals surface area contributed by atoms with Gasteiger partial charge in [-0.1, -0.05) is 23.8 Å². The molecule has 3 rings (SSSR count). The predicted octanol–water partition coefficient (Wildman–Crippen LogP) is 2.06. The molecule has 0 radical (unpaired) electrons. The van der Waals surface area contributed by atoms with Crippen LogP contribution >= 0.6 is 0 Å². The first kappa shape index (κ1) is 10.3. The number of hydrogen-bond acceptors (Lipinski definition) is 2. The fraction of sp³-hybridized carbons (Fsp3) is 0.571. The fourth-order valence-corrected chi connectivity index (χ4v) is 2.88. The molecule has 1 aromatic carbocycles. The Balaban J connectivity index is 2.10. The molecule has 2 nitrogen and oxygen atoms in total. The van der Waals surface area contributed by atoms with E-state index in [9.17, 15) is 0 Å². The second-order valence-corrected chi connectivity index (χ2v) is 5.55. The van der Waals surface area contributed by atoms with Gasteiger partial charge in [0.05, 0.1) is 18.6 Å². The zero-order chi connectivity index (χ0) is 11.4. The highest BCUT2D eigenvalue weighted by atomic mass is 16.5. The summed E-state index contributed by atoms with van der Waals surface area (Å²) in [5.74, 6) is 0. The second kappa shape index (κ2) is 3.08. The smallest absolute Gasteiger partial charge is 0.0603 e. The molecule has 1 saturated heterocycles. The Hall–Kier alpha value is -0.860. The molecule has 0 amide bonds. The molecule has 1 aliphatic heterocycles. The third kappa shape index (κ3) is 1.20. The first-order valence-electron chi connectivity index (χ1n) is 6.02. The summed E-state index contributed by atoms with van der Waals surface area (Å²) < 4.78 is 5.47. The third-order valence-electron chi connectivity index (χ3n) is 4.35. The Bertz CT molecular complexity index is 430. The Labute approximate surface area is 96.8 Å². The van der Waals surface area contributed by atoms with E-state index in [0.29, 0.717) is 0 Å². The molecule has 1 heterocycles. The van der Waals surface area contributed by atoms with Crippen LogP contribution in [0.15, 0.2) is 18.2 Å². The number of hydrogen-bond donors (Lipinski definition) is 1. The lowest BCUT2D eigenvalue weighted by atomic mass is 9.69. The molecule has 2 fully saturated rings. The Morgan fingerprint density at radius 3 is 2.38 bits per heavy atom. The molecule has 1 saturated carbocycles. The quantitative estimate of drug-likeness (QED) is 0.823. The lowest BCUT2D eigenvalue weighted by molar-refractivity contribution is -0.0789. The molecular weight excluding hydrogens is 198 g/mol. The number of ether oxygens (including phenoxy) is 1. The second-order valence-electron chi connectivity index (χ2n) is 5.55. The summed E-state index contributed by atoms with van der Waals surface area (Å²) in [4.78, 5) is 0. The van der Waals surface area contributed by atoms with Crippen LogP contribution < -0.4 is 5.73 Å². The SMILES string of the molecule is Cc1ccc(C)c(C2(C3(N)CC3)COC2)c1. The Kier molecular flexibility index (Phi) is 1.99. The number of aryl methyl sites for hydroxylation is 2. The zero-order valence-corrected chi connectivity index (χ0v) is 10.0. The maximum atomic E-state index is 6.46. The van der Waals surface area contributed by atoms with Crippen molar-refractivity contribution in [2.45, 2.75) is 37.6 Å². The lowest BCUT2D eigenvalue weighted by Crippen LogP contribution is -2.61. The van der Waals surface area contributed by atoms with Crippen molar-refractivity contribution >= 4 is 0 Å². The van der Waals surface area contributed by atoms with Crippen LogP contribution in [-0.4, -0.2) is 18.8 Å². The van der Waals surface area contributed by atoms with Crippen LogP contribution in [0.1, 0.15) is 29.5 Å². The van der Waals surface area contributed by atoms with E-state index < -0.39 is 0 Å². The molecule has 1 aliphatic carbocycles. The zero-order valence-electron chi connectivity index (χ0n) is 10.0. The number of nitrogens with two attached hydrogens (primary N) is 1. The summed E-state index contributed by atoms with van der Waals surface area (Å²) in [5.41, 5.74) is 10.6. The van der Waals surface area contributed by atoms with Crippen LogP contribution in [0.4, 0.5) is 0 Å². The Morgan fingerprint density at radius 2 is 1.88 bits per heavy atom. The molecule has 2 heteroatoms. The van der Waals surface area contributed by atoms with Crippen molar-refractivity contribution in [2.75, 3.05) is 13.2 Å². The molecule has 0 atom stereocenters. The summed E-state index contributed by atoms with van der Waals surface area (Å²) in [6.45, 7) is 5.93. The van der Waals surface area contributed by atoms with Gasteiger partial charge < -0.3 is 10.5 Å². The minimum absolute atomic E-state index is 0.00377. The largest absolute Gasteiger partial charge is 0.379 e. The monoisotopic (exact) mass is 217 g/mol. The number of rotatable bonds is 2. The summed E-state index contributed by atoms with van der Waals surface area (Å²) in [6.07, 6.45) is 2.29. The van der Waals surface area contributed by atoms with Crippen LogP contribution in [0.3, 0.4) is 0 Å². The average molecular weight is 217 g/mol. The van der Waals surface area contributed by atoms with Crippen LogP contribution in [-0.2, 0) is 10.2 Å². The van der Waals surface area contributed by atoms with E-state index in [1.54, 1.807) is 0 Å². The molecule has 0 spiro atoms. The van der Waals surface area contributed by atoms with E-state index in [1.165, 1.54) is 16.7 Å². The molecule has 1 aromatic rings. The minimum atomic E-state index is 0.00377. The molecule has 0 unspecified atom stereocenters. The first-order chi connectivity index (χ1) is 7.57. The summed E-state index contributed by atoms with van der Waals surface area (Å²) in [7, 11) is 0. The standard InChI is InChI=1S/C14H19NO/c1-10-3-4-11(2)12(7-10)13(8-16-9-13)14(15)5-6-14/h3-4,7H,5-6,8-9,15H2,1-2H3. The van der Waals surface area contributed by atoms with E-state index in [0.717, 1.165) is 26.1 Å². The van der Waals surface area contributed by atoms with Gasteiger partial charge in [0.1, 0.15) is 0 Å². The highest BCUT2D eigenvalue weighted by Gasteiger charge is 2.61. The van der Waals surface area contributed by atoms with E-state index in [1.807, 2.05) is 0 Å². The maximum absolute atomic E-state index is 6.46. The van der Waals surface area contributed by atoms with Crippen LogP contribution in [0.5, 0.6) is 0 Å². The lowest BCUT2D eigenvalue weighted by Gasteiger charge is -2.47. The van der Waals surface area contributed by atoms with E-state index >= 15 is 0 Å². The molecule has 2 N–H and O–H groups in total. The summed E-state index contributed by atoms with van der Waals surface area (Å²) in [6, 6.07) is 6.67. The van der Waals surface area contributed by atoms with Crippen molar-refractivity contribution in [3.8, 4) is 0 Å². The molecular formula is C14H19NO. The van der Waals surface area contributed by atoms with Gasteiger partial charge in [0.25, 0.3) is 0 Å². The molecule has 0 bridgehead atoms. The van der Waals surface area contributed by atoms with Crippen molar-refractivity contribution in [2.24, 2.45) is 5.73 Å². The van der Waals surface area contributed by atoms with Gasteiger partial charge in [0, 0.05) is 5.54 Å². The van der Waals surface area contributed by atoms with Crippen LogP contribution in [0.2, 0.25) is 0 Å². The fourth-order valence-electron chi connectivity index (χ4n) is 2.88. The molecule has 16 heavy (non-hydrogen) atoms. The highest BCUT2D eigenvalue weighted by Crippen LogP contribution is 2.54. The minimum Gasteiger partial charge on any atom is -0.379 e. The van der Waals surface area contributed by atoms with Gasteiger partial charge in [-0.2, -0.15) is 0 Å². The van der Waals surface area contributed by atoms with Gasteiger partial charge in [0.15, 0.2) is 0 Å². The maximum Gasteiger partial charge on any atom is 0.0603 e. The van der Waals surface area contributed by atoms with Crippen molar-refractivity contribution in [1.82, 2.24) is 0 Å². The summed E-state index contributed by atoms with van der Waals surface area (Å²) in [5, 5.41) is 0. The van der Waals surface area contributed by atoms with Crippen molar-refractivity contribution in [3.05, 3.63) is 34.9 Å². The van der Waals surface area contributed by atoms with Crippen molar-refractivity contribution in [3.63, 3.8) is 0 Å². The summed E-state index contributed by atoms with van der Waals surface area (Å²) >= 11 is 0. The topological polar surface area (TPSA) is 35.2 Å². The Morgan fingerprint density at radius 1 is 1.19 bits per heavy atom. The first-order valence-corrected chi connectivity index (χ1v) is 6.02. The van der Waals surface area contributed by atoms with Crippen LogP contribution in [0, 0.1) is 13.8 Å². The predicted molar refractivity (Wildman–Crippen MR) is 64.6 cm³/mol. The van der Waals surface area contributed by atoms with E-state index in [-0.39, 0.29) is 11.0 Å². The molecule has 2 aliphatic rings. The van der Waals surface area contributed by atoms with Gasteiger partial charge in [-0.3, -0.25) is 0 Å². The highest BCUT2D eigenvalue weighted by molar-refractivity contribution is 5.44. The van der Waals surface area contributed by atoms with Gasteiger partial charge in [-0.25, -0.2) is 0 Å². The van der Waals surface area contributed by atoms with Crippen molar-refractivity contribution < 1.29 is 4.74 Å². The normalized spacial score (nSPS) is 24.9. The molecule has 0 aromatic heterocycles. The number of benzene rings is 1. The van der Waals surface area contributed by atoms with Crippen molar-refractivity contribution in [1.29, 1.82) is 0 Å². The van der Waals surface area contributed by atoms with Gasteiger partial charge >= 0.3 is 0 Å². The molecule has 86 valence electrons. The van der Waals surface area contributed by atoms with Gasteiger partial charge in [0.2, 0.25) is 0 Å². The third-order valence-corrected chi connectivity index (χ3v) is 4.35. The van der Waals surface area contributed by atoms with E-state index in [2.05, 4.69) is 32.0 Å². The average Bonchev–Trinajstić information content (AvgIpc) is 2.89. The van der Waals surface area contributed by atoms with Gasteiger partial charge in [-0.05, 0) is 37.8 Å². The van der Waals surface area contributed by atoms with E-state index in [4.69, 9.17) is 10.5 Å². The van der Waals surface area contributed by atoms with Crippen LogP contribution in [0.25, 0.3) is 0 Å².